The molecule has 1 N–H and O–H groups in total. The fourth-order valence-corrected chi connectivity index (χ4v) is 4.27. The predicted octanol–water partition coefficient (Wildman–Crippen LogP) is 2.45. The number of rotatable bonds is 4. The van der Waals surface area contributed by atoms with Crippen LogP contribution in [0.4, 0.5) is 0 Å². The van der Waals surface area contributed by atoms with E-state index < -0.39 is 10.0 Å². The standard InChI is InChI=1S/C13H13N3O2S2/c1-16(20(17,18)13-7-4-8-19-13)9-12-14-10-5-2-3-6-11(10)15-12/h2-8H,9H2,1H3,(H,14,15). The minimum absolute atomic E-state index is 0.217. The summed E-state index contributed by atoms with van der Waals surface area (Å²) in [7, 11) is -1.88. The third-order valence-electron chi connectivity index (χ3n) is 2.97. The van der Waals surface area contributed by atoms with Crippen LogP contribution in [0.1, 0.15) is 5.82 Å². The summed E-state index contributed by atoms with van der Waals surface area (Å²) in [5, 5.41) is 1.75. The van der Waals surface area contributed by atoms with Gasteiger partial charge in [0.25, 0.3) is 10.0 Å². The number of H-pyrrole nitrogens is 1. The summed E-state index contributed by atoms with van der Waals surface area (Å²) in [6.07, 6.45) is 0. The Labute approximate surface area is 120 Å². The minimum atomic E-state index is -3.44. The maximum atomic E-state index is 12.3. The smallest absolute Gasteiger partial charge is 0.252 e. The Hall–Kier alpha value is -1.70. The minimum Gasteiger partial charge on any atom is -0.341 e. The Bertz CT molecular complexity index is 789. The van der Waals surface area contributed by atoms with Gasteiger partial charge in [0.15, 0.2) is 0 Å². The van der Waals surface area contributed by atoms with Gasteiger partial charge in [-0.2, -0.15) is 4.31 Å². The first-order valence-corrected chi connectivity index (χ1v) is 8.33. The van der Waals surface area contributed by atoms with Gasteiger partial charge in [0.05, 0.1) is 17.6 Å². The van der Waals surface area contributed by atoms with E-state index >= 15 is 0 Å². The van der Waals surface area contributed by atoms with Crippen LogP contribution in [0.2, 0.25) is 0 Å². The molecule has 20 heavy (non-hydrogen) atoms. The average molecular weight is 307 g/mol. The molecule has 0 fully saturated rings. The summed E-state index contributed by atoms with van der Waals surface area (Å²) in [6, 6.07) is 11.0. The largest absolute Gasteiger partial charge is 0.341 e. The van der Waals surface area contributed by atoms with Crippen molar-refractivity contribution in [1.82, 2.24) is 14.3 Å². The van der Waals surface area contributed by atoms with E-state index in [-0.39, 0.29) is 6.54 Å². The molecule has 0 saturated carbocycles. The van der Waals surface area contributed by atoms with Crippen LogP contribution in [0.25, 0.3) is 11.0 Å². The number of aromatic nitrogens is 2. The molecule has 2 heterocycles. The second kappa shape index (κ2) is 5.01. The Morgan fingerprint density at radius 1 is 1.25 bits per heavy atom. The monoisotopic (exact) mass is 307 g/mol. The van der Waals surface area contributed by atoms with Gasteiger partial charge < -0.3 is 4.98 Å². The summed E-state index contributed by atoms with van der Waals surface area (Å²) in [6.45, 7) is 0.217. The lowest BCUT2D eigenvalue weighted by molar-refractivity contribution is 0.460. The van der Waals surface area contributed by atoms with E-state index in [0.29, 0.717) is 10.0 Å². The number of benzene rings is 1. The van der Waals surface area contributed by atoms with Crippen molar-refractivity contribution < 1.29 is 8.42 Å². The molecular formula is C13H13N3O2S2. The van der Waals surface area contributed by atoms with Crippen LogP contribution in [0.3, 0.4) is 0 Å². The molecular weight excluding hydrogens is 294 g/mol. The quantitative estimate of drug-likeness (QED) is 0.805. The van der Waals surface area contributed by atoms with Gasteiger partial charge in [-0.25, -0.2) is 13.4 Å². The molecule has 0 aliphatic carbocycles. The van der Waals surface area contributed by atoms with E-state index in [4.69, 9.17) is 0 Å². The van der Waals surface area contributed by atoms with Crippen LogP contribution in [0, 0.1) is 0 Å². The van der Waals surface area contributed by atoms with Crippen molar-refractivity contribution in [1.29, 1.82) is 0 Å². The second-order valence-corrected chi connectivity index (χ2v) is 7.61. The molecule has 0 bridgehead atoms. The van der Waals surface area contributed by atoms with Crippen LogP contribution in [-0.2, 0) is 16.6 Å². The average Bonchev–Trinajstić information content (AvgIpc) is 3.07. The molecule has 0 atom stereocenters. The number of nitrogens with zero attached hydrogens (tertiary/aromatic N) is 2. The Morgan fingerprint density at radius 2 is 2.05 bits per heavy atom. The fourth-order valence-electron chi connectivity index (χ4n) is 1.94. The third-order valence-corrected chi connectivity index (χ3v) is 6.15. The van der Waals surface area contributed by atoms with Gasteiger partial charge >= 0.3 is 0 Å². The number of hydrogen-bond donors (Lipinski definition) is 1. The van der Waals surface area contributed by atoms with Gasteiger partial charge in [0.2, 0.25) is 0 Å². The van der Waals surface area contributed by atoms with Crippen LogP contribution in [0.15, 0.2) is 46.0 Å². The molecule has 104 valence electrons. The molecule has 0 amide bonds. The molecule has 1 aromatic carbocycles. The highest BCUT2D eigenvalue weighted by molar-refractivity contribution is 7.91. The van der Waals surface area contributed by atoms with Crippen molar-refractivity contribution in [3.8, 4) is 0 Å². The van der Waals surface area contributed by atoms with E-state index in [1.54, 1.807) is 24.6 Å². The summed E-state index contributed by atoms with van der Waals surface area (Å²) < 4.78 is 26.3. The van der Waals surface area contributed by atoms with E-state index in [0.717, 1.165) is 11.0 Å². The molecule has 0 radical (unpaired) electrons. The highest BCUT2D eigenvalue weighted by atomic mass is 32.2. The van der Waals surface area contributed by atoms with Gasteiger partial charge in [-0.05, 0) is 23.6 Å². The SMILES string of the molecule is CN(Cc1nc2ccccc2[nH]1)S(=O)(=O)c1cccs1. The lowest BCUT2D eigenvalue weighted by Gasteiger charge is -2.14. The van der Waals surface area contributed by atoms with Crippen molar-refractivity contribution in [2.75, 3.05) is 7.05 Å². The molecule has 0 aliphatic rings. The first-order chi connectivity index (χ1) is 9.57. The van der Waals surface area contributed by atoms with Gasteiger partial charge in [0, 0.05) is 7.05 Å². The Balaban J connectivity index is 1.87. The van der Waals surface area contributed by atoms with Crippen molar-refractivity contribution >= 4 is 32.4 Å². The number of aromatic amines is 1. The lowest BCUT2D eigenvalue weighted by atomic mass is 10.3. The third kappa shape index (κ3) is 2.35. The number of hydrogen-bond acceptors (Lipinski definition) is 4. The molecule has 2 aromatic heterocycles. The summed E-state index contributed by atoms with van der Waals surface area (Å²) in [4.78, 5) is 7.52. The van der Waals surface area contributed by atoms with Crippen LogP contribution in [0.5, 0.6) is 0 Å². The highest BCUT2D eigenvalue weighted by Crippen LogP contribution is 2.21. The molecule has 3 aromatic rings. The summed E-state index contributed by atoms with van der Waals surface area (Å²) >= 11 is 1.21. The zero-order valence-corrected chi connectivity index (χ0v) is 12.4. The lowest BCUT2D eigenvalue weighted by Crippen LogP contribution is -2.26. The zero-order valence-electron chi connectivity index (χ0n) is 10.8. The fraction of sp³-hybridized carbons (Fsp3) is 0.154. The Kier molecular flexibility index (Phi) is 3.33. The maximum absolute atomic E-state index is 12.3. The van der Waals surface area contributed by atoms with E-state index in [1.165, 1.54) is 15.6 Å². The normalized spacial score (nSPS) is 12.3. The highest BCUT2D eigenvalue weighted by Gasteiger charge is 2.22. The molecule has 0 unspecified atom stereocenters. The van der Waals surface area contributed by atoms with Crippen LogP contribution >= 0.6 is 11.3 Å². The van der Waals surface area contributed by atoms with Gasteiger partial charge in [0.1, 0.15) is 10.0 Å². The first-order valence-electron chi connectivity index (χ1n) is 6.01. The second-order valence-electron chi connectivity index (χ2n) is 4.39. The Morgan fingerprint density at radius 3 is 2.75 bits per heavy atom. The van der Waals surface area contributed by atoms with Crippen molar-refractivity contribution in [3.63, 3.8) is 0 Å². The van der Waals surface area contributed by atoms with Gasteiger partial charge in [-0.1, -0.05) is 18.2 Å². The van der Waals surface area contributed by atoms with Crippen LogP contribution < -0.4 is 0 Å². The molecule has 7 heteroatoms. The number of sulfonamides is 1. The van der Waals surface area contributed by atoms with Crippen molar-refractivity contribution in [2.45, 2.75) is 10.8 Å². The summed E-state index contributed by atoms with van der Waals surface area (Å²) in [5.41, 5.74) is 1.74. The number of fused-ring (bicyclic) bond motifs is 1. The van der Waals surface area contributed by atoms with Gasteiger partial charge in [-0.15, -0.1) is 11.3 Å². The predicted molar refractivity (Wildman–Crippen MR) is 79.1 cm³/mol. The number of nitrogens with one attached hydrogen (secondary N) is 1. The zero-order chi connectivity index (χ0) is 14.2. The van der Waals surface area contributed by atoms with Gasteiger partial charge in [-0.3, -0.25) is 0 Å². The molecule has 0 aliphatic heterocycles. The number of thiophene rings is 1. The first kappa shape index (κ1) is 13.3. The number of imidazole rings is 1. The summed E-state index contributed by atoms with van der Waals surface area (Å²) in [5.74, 6) is 0.633. The molecule has 0 saturated heterocycles. The van der Waals surface area contributed by atoms with Crippen molar-refractivity contribution in [3.05, 3.63) is 47.6 Å². The molecule has 3 rings (SSSR count). The van der Waals surface area contributed by atoms with Crippen LogP contribution in [-0.4, -0.2) is 29.7 Å². The maximum Gasteiger partial charge on any atom is 0.252 e. The van der Waals surface area contributed by atoms with E-state index in [2.05, 4.69) is 9.97 Å². The molecule has 5 nitrogen and oxygen atoms in total. The van der Waals surface area contributed by atoms with Crippen molar-refractivity contribution in [2.24, 2.45) is 0 Å². The van der Waals surface area contributed by atoms with E-state index in [1.807, 2.05) is 24.3 Å². The number of para-hydroxylation sites is 2. The van der Waals surface area contributed by atoms with E-state index in [9.17, 15) is 8.42 Å². The topological polar surface area (TPSA) is 66.1 Å². The molecule has 0 spiro atoms.